The largest absolute Gasteiger partial charge is 0.333 e. The van der Waals surface area contributed by atoms with Gasteiger partial charge in [0.05, 0.1) is 6.54 Å². The van der Waals surface area contributed by atoms with Crippen molar-refractivity contribution >= 4 is 0 Å². The minimum Gasteiger partial charge on any atom is -0.333 e. The summed E-state index contributed by atoms with van der Waals surface area (Å²) in [4.78, 5) is 6.75. The highest BCUT2D eigenvalue weighted by atomic mass is 19.1. The van der Waals surface area contributed by atoms with Gasteiger partial charge in [0.25, 0.3) is 0 Å². The van der Waals surface area contributed by atoms with Crippen LogP contribution in [0, 0.1) is 5.82 Å². The van der Waals surface area contributed by atoms with Crippen molar-refractivity contribution in [3.05, 3.63) is 53.9 Å². The van der Waals surface area contributed by atoms with E-state index in [4.69, 9.17) is 0 Å². The Kier molecular flexibility index (Phi) is 4.31. The first-order chi connectivity index (χ1) is 10.3. The molecule has 1 unspecified atom stereocenters. The maximum absolute atomic E-state index is 13.9. The number of nitrogens with zero attached hydrogens (tertiary/aromatic N) is 3. The first-order valence-corrected chi connectivity index (χ1v) is 7.42. The van der Waals surface area contributed by atoms with E-state index >= 15 is 0 Å². The summed E-state index contributed by atoms with van der Waals surface area (Å²) in [6, 6.07) is 7.06. The van der Waals surface area contributed by atoms with Crippen LogP contribution in [0.15, 0.2) is 36.7 Å². The molecule has 1 aromatic heterocycles. The van der Waals surface area contributed by atoms with Crippen LogP contribution in [0.5, 0.6) is 0 Å². The van der Waals surface area contributed by atoms with Crippen molar-refractivity contribution in [1.29, 1.82) is 0 Å². The Balaban J connectivity index is 1.60. The fourth-order valence-electron chi connectivity index (χ4n) is 2.94. The SMILES string of the molecule is CNC(CCN1CCn2ccnc2C1)c1ccccc1F. The van der Waals surface area contributed by atoms with Gasteiger partial charge in [0.2, 0.25) is 0 Å². The minimum atomic E-state index is -0.133. The van der Waals surface area contributed by atoms with Crippen LogP contribution in [-0.4, -0.2) is 34.6 Å². The number of hydrogen-bond donors (Lipinski definition) is 1. The lowest BCUT2D eigenvalue weighted by molar-refractivity contribution is 0.206. The molecule has 0 saturated carbocycles. The Morgan fingerprint density at radius 1 is 1.33 bits per heavy atom. The van der Waals surface area contributed by atoms with Gasteiger partial charge in [-0.3, -0.25) is 4.90 Å². The number of rotatable bonds is 5. The number of hydrogen-bond acceptors (Lipinski definition) is 3. The molecule has 2 heterocycles. The van der Waals surface area contributed by atoms with Gasteiger partial charge in [-0.15, -0.1) is 0 Å². The Bertz CT molecular complexity index is 595. The molecule has 0 amide bonds. The van der Waals surface area contributed by atoms with Crippen LogP contribution in [-0.2, 0) is 13.1 Å². The number of nitrogens with one attached hydrogen (secondary N) is 1. The smallest absolute Gasteiger partial charge is 0.127 e. The quantitative estimate of drug-likeness (QED) is 0.915. The molecular weight excluding hydrogens is 267 g/mol. The molecule has 0 radical (unpaired) electrons. The highest BCUT2D eigenvalue weighted by Gasteiger charge is 2.19. The van der Waals surface area contributed by atoms with E-state index in [1.54, 1.807) is 6.07 Å². The zero-order valence-corrected chi connectivity index (χ0v) is 12.3. The molecule has 1 aliphatic heterocycles. The number of fused-ring (bicyclic) bond motifs is 1. The van der Waals surface area contributed by atoms with Crippen molar-refractivity contribution in [2.75, 3.05) is 20.1 Å². The van der Waals surface area contributed by atoms with Gasteiger partial charge in [-0.05, 0) is 19.5 Å². The van der Waals surface area contributed by atoms with Crippen LogP contribution in [0.3, 0.4) is 0 Å². The number of halogens is 1. The minimum absolute atomic E-state index is 0.0490. The van der Waals surface area contributed by atoms with Gasteiger partial charge >= 0.3 is 0 Å². The monoisotopic (exact) mass is 288 g/mol. The molecule has 4 nitrogen and oxygen atoms in total. The van der Waals surface area contributed by atoms with Crippen molar-refractivity contribution < 1.29 is 4.39 Å². The van der Waals surface area contributed by atoms with Crippen molar-refractivity contribution in [2.24, 2.45) is 0 Å². The Hall–Kier alpha value is -1.72. The van der Waals surface area contributed by atoms with Crippen LogP contribution in [0.25, 0.3) is 0 Å². The lowest BCUT2D eigenvalue weighted by Gasteiger charge is -2.29. The average Bonchev–Trinajstić information content (AvgIpc) is 2.97. The van der Waals surface area contributed by atoms with Crippen LogP contribution in [0.1, 0.15) is 23.9 Å². The molecule has 1 aliphatic rings. The third-order valence-corrected chi connectivity index (χ3v) is 4.19. The Morgan fingerprint density at radius 2 is 2.19 bits per heavy atom. The van der Waals surface area contributed by atoms with E-state index < -0.39 is 0 Å². The predicted molar refractivity (Wildman–Crippen MR) is 80.3 cm³/mol. The van der Waals surface area contributed by atoms with Crippen molar-refractivity contribution in [2.45, 2.75) is 25.6 Å². The molecule has 112 valence electrons. The zero-order valence-electron chi connectivity index (χ0n) is 12.3. The third-order valence-electron chi connectivity index (χ3n) is 4.19. The highest BCUT2D eigenvalue weighted by molar-refractivity contribution is 5.21. The molecule has 0 fully saturated rings. The molecule has 0 aliphatic carbocycles. The Morgan fingerprint density at radius 3 is 3.00 bits per heavy atom. The summed E-state index contributed by atoms with van der Waals surface area (Å²) in [6.07, 6.45) is 4.77. The average molecular weight is 288 g/mol. The summed E-state index contributed by atoms with van der Waals surface area (Å²) in [7, 11) is 1.89. The number of benzene rings is 1. The topological polar surface area (TPSA) is 33.1 Å². The fraction of sp³-hybridized carbons (Fsp3) is 0.438. The molecule has 1 atom stereocenters. The van der Waals surface area contributed by atoms with Gasteiger partial charge in [-0.1, -0.05) is 18.2 Å². The molecule has 1 aromatic carbocycles. The van der Waals surface area contributed by atoms with Gasteiger partial charge in [0, 0.05) is 43.6 Å². The predicted octanol–water partition coefficient (Wildman–Crippen LogP) is 2.19. The summed E-state index contributed by atoms with van der Waals surface area (Å²) < 4.78 is 16.1. The maximum atomic E-state index is 13.9. The van der Waals surface area contributed by atoms with Gasteiger partial charge < -0.3 is 9.88 Å². The van der Waals surface area contributed by atoms with Gasteiger partial charge in [0.1, 0.15) is 11.6 Å². The van der Waals surface area contributed by atoms with Crippen LogP contribution < -0.4 is 5.32 Å². The number of aromatic nitrogens is 2. The van der Waals surface area contributed by atoms with Crippen LogP contribution >= 0.6 is 0 Å². The normalized spacial score (nSPS) is 16.7. The maximum Gasteiger partial charge on any atom is 0.127 e. The van der Waals surface area contributed by atoms with Crippen LogP contribution in [0.2, 0.25) is 0 Å². The second-order valence-electron chi connectivity index (χ2n) is 5.46. The molecule has 2 aromatic rings. The van der Waals surface area contributed by atoms with E-state index in [1.807, 2.05) is 31.6 Å². The van der Waals surface area contributed by atoms with Crippen LogP contribution in [0.4, 0.5) is 4.39 Å². The summed E-state index contributed by atoms with van der Waals surface area (Å²) in [5.74, 6) is 0.985. The van der Waals surface area contributed by atoms with E-state index in [1.165, 1.54) is 6.07 Å². The van der Waals surface area contributed by atoms with Gasteiger partial charge in [-0.2, -0.15) is 0 Å². The third kappa shape index (κ3) is 3.14. The summed E-state index contributed by atoms with van der Waals surface area (Å²) >= 11 is 0. The standard InChI is InChI=1S/C16H21FN4/c1-18-15(13-4-2-3-5-14(13)17)6-8-20-10-11-21-9-7-19-16(21)12-20/h2-5,7,9,15,18H,6,8,10-12H2,1H3. The summed E-state index contributed by atoms with van der Waals surface area (Å²) in [5, 5.41) is 3.23. The van der Waals surface area contributed by atoms with Crippen molar-refractivity contribution in [1.82, 2.24) is 19.8 Å². The highest BCUT2D eigenvalue weighted by Crippen LogP contribution is 2.21. The Labute approximate surface area is 124 Å². The summed E-state index contributed by atoms with van der Waals surface area (Å²) in [5.41, 5.74) is 0.749. The zero-order chi connectivity index (χ0) is 14.7. The lowest BCUT2D eigenvalue weighted by Crippen LogP contribution is -2.35. The second-order valence-corrected chi connectivity index (χ2v) is 5.46. The van der Waals surface area contributed by atoms with Crippen molar-refractivity contribution in [3.8, 4) is 0 Å². The molecule has 0 spiro atoms. The van der Waals surface area contributed by atoms with E-state index in [0.29, 0.717) is 0 Å². The molecule has 21 heavy (non-hydrogen) atoms. The van der Waals surface area contributed by atoms with Gasteiger partial charge in [0.15, 0.2) is 0 Å². The molecular formula is C16H21FN4. The fourth-order valence-corrected chi connectivity index (χ4v) is 2.94. The van der Waals surface area contributed by atoms with Gasteiger partial charge in [-0.25, -0.2) is 9.37 Å². The second kappa shape index (κ2) is 6.37. The van der Waals surface area contributed by atoms with E-state index in [0.717, 1.165) is 44.0 Å². The first-order valence-electron chi connectivity index (χ1n) is 7.42. The summed E-state index contributed by atoms with van der Waals surface area (Å²) in [6.45, 7) is 3.82. The molecule has 3 rings (SSSR count). The van der Waals surface area contributed by atoms with E-state index in [9.17, 15) is 4.39 Å². The first kappa shape index (κ1) is 14.2. The molecule has 0 bridgehead atoms. The molecule has 5 heteroatoms. The molecule has 1 N–H and O–H groups in total. The lowest BCUT2D eigenvalue weighted by atomic mass is 10.0. The van der Waals surface area contributed by atoms with E-state index in [-0.39, 0.29) is 11.9 Å². The number of imidazole rings is 1. The van der Waals surface area contributed by atoms with E-state index in [2.05, 4.69) is 19.8 Å². The molecule has 0 saturated heterocycles. The van der Waals surface area contributed by atoms with Crippen molar-refractivity contribution in [3.63, 3.8) is 0 Å².